The largest absolute Gasteiger partial charge is 0.399 e. The Morgan fingerprint density at radius 3 is 3.07 bits per heavy atom. The van der Waals surface area contributed by atoms with Crippen molar-refractivity contribution >= 4 is 40.4 Å². The molecule has 2 aromatic rings. The summed E-state index contributed by atoms with van der Waals surface area (Å²) < 4.78 is 0. The minimum atomic E-state index is 0.742. The number of nitrogen functional groups attached to an aromatic ring is 1. The number of nitrogens with two attached hydrogens (primary N) is 1. The first-order chi connectivity index (χ1) is 7.25. The number of halogens is 1. The van der Waals surface area contributed by atoms with Crippen LogP contribution in [0.15, 0.2) is 34.8 Å². The van der Waals surface area contributed by atoms with Crippen molar-refractivity contribution in [2.45, 2.75) is 10.6 Å². The van der Waals surface area contributed by atoms with Crippen molar-refractivity contribution < 1.29 is 0 Å². The van der Waals surface area contributed by atoms with Gasteiger partial charge in [-0.25, -0.2) is 0 Å². The maximum absolute atomic E-state index is 6.05. The van der Waals surface area contributed by atoms with Crippen LogP contribution in [0.25, 0.3) is 0 Å². The normalized spacial score (nSPS) is 10.5. The van der Waals surface area contributed by atoms with Crippen LogP contribution in [0.1, 0.15) is 4.88 Å². The Labute approximate surface area is 101 Å². The van der Waals surface area contributed by atoms with Crippen molar-refractivity contribution in [3.63, 3.8) is 0 Å². The molecule has 0 saturated heterocycles. The van der Waals surface area contributed by atoms with Gasteiger partial charge in [0.25, 0.3) is 0 Å². The van der Waals surface area contributed by atoms with Gasteiger partial charge in [-0.2, -0.15) is 0 Å². The van der Waals surface area contributed by atoms with Crippen LogP contribution in [0.4, 0.5) is 5.69 Å². The first-order valence-corrected chi connectivity index (χ1v) is 6.55. The molecule has 0 aliphatic heterocycles. The molecule has 78 valence electrons. The highest BCUT2D eigenvalue weighted by Gasteiger charge is 2.03. The van der Waals surface area contributed by atoms with Gasteiger partial charge in [0.15, 0.2) is 0 Å². The Kier molecular flexibility index (Phi) is 3.51. The summed E-state index contributed by atoms with van der Waals surface area (Å²) in [5, 5.41) is 0.749. The van der Waals surface area contributed by atoms with E-state index in [1.54, 1.807) is 29.2 Å². The summed E-state index contributed by atoms with van der Waals surface area (Å²) in [6.07, 6.45) is 1.87. The fourth-order valence-electron chi connectivity index (χ4n) is 1.09. The van der Waals surface area contributed by atoms with Gasteiger partial charge in [-0.1, -0.05) is 11.6 Å². The highest BCUT2D eigenvalue weighted by atomic mass is 35.5. The summed E-state index contributed by atoms with van der Waals surface area (Å²) >= 11 is 9.37. The lowest BCUT2D eigenvalue weighted by Crippen LogP contribution is -1.85. The zero-order chi connectivity index (χ0) is 10.7. The molecule has 0 radical (unpaired) electrons. The number of aromatic nitrogens is 1. The van der Waals surface area contributed by atoms with Gasteiger partial charge in [0.05, 0.1) is 10.5 Å². The van der Waals surface area contributed by atoms with E-state index in [2.05, 4.69) is 4.98 Å². The molecule has 0 atom stereocenters. The minimum Gasteiger partial charge on any atom is -0.399 e. The molecular weight excluding hydrogens is 248 g/mol. The molecule has 0 aliphatic carbocycles. The maximum atomic E-state index is 6.05. The molecule has 0 aliphatic rings. The maximum Gasteiger partial charge on any atom is 0.0794 e. The third-order valence-corrected chi connectivity index (χ3v) is 4.32. The number of anilines is 1. The summed E-state index contributed by atoms with van der Waals surface area (Å²) in [7, 11) is 0. The second-order valence-electron chi connectivity index (χ2n) is 2.95. The van der Waals surface area contributed by atoms with Gasteiger partial charge in [0.1, 0.15) is 0 Å². The monoisotopic (exact) mass is 256 g/mol. The van der Waals surface area contributed by atoms with Crippen LogP contribution in [0, 0.1) is 0 Å². The van der Waals surface area contributed by atoms with Crippen LogP contribution in [-0.2, 0) is 5.75 Å². The predicted octanol–water partition coefficient (Wildman–Crippen LogP) is 3.67. The Morgan fingerprint density at radius 2 is 2.33 bits per heavy atom. The molecule has 0 unspecified atom stereocenters. The minimum absolute atomic E-state index is 0.742. The molecule has 0 amide bonds. The first-order valence-electron chi connectivity index (χ1n) is 4.31. The van der Waals surface area contributed by atoms with E-state index in [0.717, 1.165) is 21.4 Å². The summed E-state index contributed by atoms with van der Waals surface area (Å²) in [5.74, 6) is 0.883. The molecule has 0 bridgehead atoms. The molecule has 5 heteroatoms. The lowest BCUT2D eigenvalue weighted by Gasteiger charge is -2.03. The number of thioether (sulfide) groups is 1. The van der Waals surface area contributed by atoms with Crippen LogP contribution >= 0.6 is 34.7 Å². The number of nitrogens with zero attached hydrogens (tertiary/aromatic N) is 1. The zero-order valence-electron chi connectivity index (χ0n) is 7.81. The van der Waals surface area contributed by atoms with Gasteiger partial charge in [-0.05, 0) is 18.2 Å². The van der Waals surface area contributed by atoms with E-state index in [0.29, 0.717) is 0 Å². The fraction of sp³-hybridized carbons (Fsp3) is 0.100. The fourth-order valence-corrected chi connectivity index (χ4v) is 3.00. The molecule has 0 saturated carbocycles. The van der Waals surface area contributed by atoms with E-state index >= 15 is 0 Å². The molecule has 0 spiro atoms. The van der Waals surface area contributed by atoms with Crippen molar-refractivity contribution in [1.29, 1.82) is 0 Å². The molecule has 0 fully saturated rings. The molecule has 1 heterocycles. The van der Waals surface area contributed by atoms with E-state index in [1.165, 1.54) is 4.88 Å². The van der Waals surface area contributed by atoms with Crippen LogP contribution in [0.3, 0.4) is 0 Å². The summed E-state index contributed by atoms with van der Waals surface area (Å²) in [6, 6.07) is 5.53. The second-order valence-corrected chi connectivity index (χ2v) is 5.34. The Morgan fingerprint density at radius 1 is 1.47 bits per heavy atom. The molecular formula is C10H9ClN2S2. The van der Waals surface area contributed by atoms with Gasteiger partial charge in [0.2, 0.25) is 0 Å². The quantitative estimate of drug-likeness (QED) is 0.673. The number of rotatable bonds is 3. The van der Waals surface area contributed by atoms with Crippen molar-refractivity contribution in [1.82, 2.24) is 4.98 Å². The highest BCUT2D eigenvalue weighted by Crippen LogP contribution is 2.31. The Bertz CT molecular complexity index is 443. The molecule has 1 aromatic carbocycles. The van der Waals surface area contributed by atoms with Crippen LogP contribution in [-0.4, -0.2) is 4.98 Å². The van der Waals surface area contributed by atoms with Crippen molar-refractivity contribution in [2.24, 2.45) is 0 Å². The number of hydrogen-bond acceptors (Lipinski definition) is 4. The van der Waals surface area contributed by atoms with Crippen LogP contribution in [0.5, 0.6) is 0 Å². The lowest BCUT2D eigenvalue weighted by atomic mass is 10.3. The van der Waals surface area contributed by atoms with Gasteiger partial charge in [-0.3, -0.25) is 4.98 Å². The zero-order valence-corrected chi connectivity index (χ0v) is 10.2. The topological polar surface area (TPSA) is 38.9 Å². The Balaban J connectivity index is 2.07. The first kappa shape index (κ1) is 10.8. The number of benzene rings is 1. The molecule has 15 heavy (non-hydrogen) atoms. The number of hydrogen-bond donors (Lipinski definition) is 1. The van der Waals surface area contributed by atoms with E-state index in [4.69, 9.17) is 17.3 Å². The summed E-state index contributed by atoms with van der Waals surface area (Å²) in [5.41, 5.74) is 8.27. The Hall–Kier alpha value is -0.710. The third kappa shape index (κ3) is 2.87. The smallest absolute Gasteiger partial charge is 0.0794 e. The molecule has 2 nitrogen and oxygen atoms in total. The average Bonchev–Trinajstić information content (AvgIpc) is 2.72. The van der Waals surface area contributed by atoms with E-state index in [-0.39, 0.29) is 0 Å². The average molecular weight is 257 g/mol. The van der Waals surface area contributed by atoms with Crippen LogP contribution in [0.2, 0.25) is 5.02 Å². The van der Waals surface area contributed by atoms with E-state index in [9.17, 15) is 0 Å². The lowest BCUT2D eigenvalue weighted by molar-refractivity contribution is 1.36. The predicted molar refractivity (Wildman–Crippen MR) is 67.5 cm³/mol. The van der Waals surface area contributed by atoms with E-state index < -0.39 is 0 Å². The van der Waals surface area contributed by atoms with Crippen molar-refractivity contribution in [3.8, 4) is 0 Å². The summed E-state index contributed by atoms with van der Waals surface area (Å²) in [6.45, 7) is 0. The van der Waals surface area contributed by atoms with Crippen LogP contribution < -0.4 is 5.73 Å². The summed E-state index contributed by atoms with van der Waals surface area (Å²) in [4.78, 5) is 6.28. The molecule has 2 N–H and O–H groups in total. The van der Waals surface area contributed by atoms with E-state index in [1.807, 2.05) is 23.8 Å². The van der Waals surface area contributed by atoms with Gasteiger partial charge in [-0.15, -0.1) is 23.1 Å². The molecule has 2 rings (SSSR count). The molecule has 1 aromatic heterocycles. The second kappa shape index (κ2) is 4.88. The SMILES string of the molecule is Nc1ccc(Cl)c(SCc2cncs2)c1. The standard InChI is InChI=1S/C10H9ClN2S2/c11-9-2-1-7(12)3-10(9)14-5-8-4-13-6-15-8/h1-4,6H,5,12H2. The third-order valence-electron chi connectivity index (χ3n) is 1.81. The van der Waals surface area contributed by atoms with Gasteiger partial charge < -0.3 is 5.73 Å². The van der Waals surface area contributed by atoms with Gasteiger partial charge >= 0.3 is 0 Å². The van der Waals surface area contributed by atoms with Crippen molar-refractivity contribution in [3.05, 3.63) is 39.8 Å². The van der Waals surface area contributed by atoms with Crippen molar-refractivity contribution in [2.75, 3.05) is 5.73 Å². The number of thiazole rings is 1. The van der Waals surface area contributed by atoms with Gasteiger partial charge in [0, 0.05) is 27.4 Å². The highest BCUT2D eigenvalue weighted by molar-refractivity contribution is 7.98.